The van der Waals surface area contributed by atoms with Crippen molar-refractivity contribution >= 4 is 21.9 Å². The van der Waals surface area contributed by atoms with Crippen LogP contribution in [-0.2, 0) is 4.79 Å². The summed E-state index contributed by atoms with van der Waals surface area (Å²) in [6, 6.07) is 0. The third-order valence-corrected chi connectivity index (χ3v) is 1.86. The Morgan fingerprint density at radius 3 is 2.58 bits per heavy atom. The van der Waals surface area contributed by atoms with Gasteiger partial charge in [0.2, 0.25) is 0 Å². The maximum Gasteiger partial charge on any atom is 0.127 e. The topological polar surface area (TPSA) is 17.1 Å². The number of carbonyl (C=O) groups excluding carboxylic acids is 1. The van der Waals surface area contributed by atoms with Gasteiger partial charge in [-0.05, 0) is 19.3 Å². The van der Waals surface area contributed by atoms with Crippen LogP contribution < -0.4 is 0 Å². The standard InChI is InChI=1S/C10H13BrO/c1-2-10(9-12)7-5-3-4-6-8-11/h2-4H,1,5-8H2. The molecule has 0 radical (unpaired) electrons. The SMILES string of the molecule is C=CC(=C=O)CCC=CCCBr. The van der Waals surface area contributed by atoms with Crippen LogP contribution in [0.15, 0.2) is 30.4 Å². The first-order chi connectivity index (χ1) is 5.85. The molecule has 2 heteroatoms. The number of allylic oxidation sites excluding steroid dienone is 4. The maximum atomic E-state index is 10.2. The van der Waals surface area contributed by atoms with Crippen LogP contribution in [0, 0.1) is 0 Å². The van der Waals surface area contributed by atoms with E-state index in [1.165, 1.54) is 0 Å². The molecule has 0 unspecified atom stereocenters. The highest BCUT2D eigenvalue weighted by atomic mass is 79.9. The van der Waals surface area contributed by atoms with E-state index in [0.717, 1.165) is 24.6 Å². The van der Waals surface area contributed by atoms with Crippen molar-refractivity contribution in [2.45, 2.75) is 19.3 Å². The first-order valence-corrected chi connectivity index (χ1v) is 5.04. The number of halogens is 1. The summed E-state index contributed by atoms with van der Waals surface area (Å²) in [4.78, 5) is 10.2. The summed E-state index contributed by atoms with van der Waals surface area (Å²) < 4.78 is 0. The quantitative estimate of drug-likeness (QED) is 0.296. The van der Waals surface area contributed by atoms with Gasteiger partial charge in [0.25, 0.3) is 0 Å². The highest BCUT2D eigenvalue weighted by molar-refractivity contribution is 9.09. The second kappa shape index (κ2) is 8.51. The Kier molecular flexibility index (Phi) is 8.09. The molecule has 0 atom stereocenters. The average Bonchev–Trinajstić information content (AvgIpc) is 2.11. The molecule has 66 valence electrons. The Bertz CT molecular complexity index is 200. The minimum atomic E-state index is 0.651. The first kappa shape index (κ1) is 11.4. The van der Waals surface area contributed by atoms with Crippen molar-refractivity contribution in [3.8, 4) is 0 Å². The fraction of sp³-hybridized carbons (Fsp3) is 0.400. The van der Waals surface area contributed by atoms with Gasteiger partial charge < -0.3 is 0 Å². The van der Waals surface area contributed by atoms with Crippen LogP contribution >= 0.6 is 15.9 Å². The number of hydrogen-bond acceptors (Lipinski definition) is 1. The Hall–Kier alpha value is -0.590. The molecule has 0 aromatic heterocycles. The van der Waals surface area contributed by atoms with E-state index in [2.05, 4.69) is 34.7 Å². The maximum absolute atomic E-state index is 10.2. The zero-order valence-electron chi connectivity index (χ0n) is 7.05. The normalized spacial score (nSPS) is 9.75. The number of rotatable bonds is 6. The Morgan fingerprint density at radius 2 is 2.08 bits per heavy atom. The van der Waals surface area contributed by atoms with Crippen LogP contribution in [0.5, 0.6) is 0 Å². The molecule has 0 N–H and O–H groups in total. The third-order valence-electron chi connectivity index (χ3n) is 1.40. The second-order valence-electron chi connectivity index (χ2n) is 2.32. The molecule has 0 aromatic carbocycles. The van der Waals surface area contributed by atoms with E-state index in [0.29, 0.717) is 5.57 Å². The lowest BCUT2D eigenvalue weighted by Gasteiger charge is -1.90. The molecule has 0 saturated carbocycles. The fourth-order valence-corrected chi connectivity index (χ4v) is 0.997. The van der Waals surface area contributed by atoms with Crippen molar-refractivity contribution in [1.29, 1.82) is 0 Å². The molecule has 0 fully saturated rings. The highest BCUT2D eigenvalue weighted by Gasteiger charge is 1.88. The summed E-state index contributed by atoms with van der Waals surface area (Å²) in [7, 11) is 0. The van der Waals surface area contributed by atoms with Gasteiger partial charge >= 0.3 is 0 Å². The molecular formula is C10H13BrO. The molecule has 0 amide bonds. The number of hydrogen-bond donors (Lipinski definition) is 0. The monoisotopic (exact) mass is 228 g/mol. The summed E-state index contributed by atoms with van der Waals surface area (Å²) in [6.07, 6.45) is 8.40. The fourth-order valence-electron chi connectivity index (χ4n) is 0.732. The lowest BCUT2D eigenvalue weighted by Crippen LogP contribution is -1.77. The average molecular weight is 229 g/mol. The molecule has 0 aliphatic heterocycles. The molecule has 0 saturated heterocycles. The smallest absolute Gasteiger partial charge is 0.127 e. The predicted molar refractivity (Wildman–Crippen MR) is 56.2 cm³/mol. The van der Waals surface area contributed by atoms with Gasteiger partial charge in [0, 0.05) is 10.9 Å². The van der Waals surface area contributed by atoms with Crippen LogP contribution in [0.25, 0.3) is 0 Å². The van der Waals surface area contributed by atoms with E-state index in [1.807, 2.05) is 5.94 Å². The molecule has 0 spiro atoms. The lowest BCUT2D eigenvalue weighted by atomic mass is 10.1. The molecule has 12 heavy (non-hydrogen) atoms. The molecule has 0 heterocycles. The first-order valence-electron chi connectivity index (χ1n) is 3.92. The Balaban J connectivity index is 3.55. The molecule has 0 bridgehead atoms. The van der Waals surface area contributed by atoms with Crippen molar-refractivity contribution in [3.05, 3.63) is 30.4 Å². The molecule has 0 rings (SSSR count). The van der Waals surface area contributed by atoms with Gasteiger partial charge in [-0.15, -0.1) is 0 Å². The molecule has 1 nitrogen and oxygen atoms in total. The molecule has 0 aromatic rings. The summed E-state index contributed by atoms with van der Waals surface area (Å²) >= 11 is 3.32. The lowest BCUT2D eigenvalue weighted by molar-refractivity contribution is 0.567. The predicted octanol–water partition coefficient (Wildman–Crippen LogP) is 3.05. The minimum absolute atomic E-state index is 0.651. The van der Waals surface area contributed by atoms with E-state index in [1.54, 1.807) is 6.08 Å². The van der Waals surface area contributed by atoms with Crippen molar-refractivity contribution < 1.29 is 4.79 Å². The van der Waals surface area contributed by atoms with Gasteiger partial charge in [0.1, 0.15) is 5.94 Å². The van der Waals surface area contributed by atoms with E-state index >= 15 is 0 Å². The van der Waals surface area contributed by atoms with Gasteiger partial charge in [0.05, 0.1) is 0 Å². The summed E-state index contributed by atoms with van der Waals surface area (Å²) in [5, 5.41) is 0.987. The van der Waals surface area contributed by atoms with Gasteiger partial charge in [0.15, 0.2) is 0 Å². The molecule has 0 aliphatic carbocycles. The highest BCUT2D eigenvalue weighted by Crippen LogP contribution is 2.03. The van der Waals surface area contributed by atoms with Gasteiger partial charge in [-0.2, -0.15) is 0 Å². The van der Waals surface area contributed by atoms with Crippen molar-refractivity contribution in [2.24, 2.45) is 0 Å². The van der Waals surface area contributed by atoms with Crippen molar-refractivity contribution in [1.82, 2.24) is 0 Å². The summed E-state index contributed by atoms with van der Waals surface area (Å²) in [5.41, 5.74) is 0.651. The zero-order valence-corrected chi connectivity index (χ0v) is 8.64. The molecule has 0 aliphatic rings. The van der Waals surface area contributed by atoms with Gasteiger partial charge in [-0.1, -0.05) is 40.7 Å². The van der Waals surface area contributed by atoms with Crippen LogP contribution in [0.4, 0.5) is 0 Å². The Morgan fingerprint density at radius 1 is 1.42 bits per heavy atom. The van der Waals surface area contributed by atoms with Crippen LogP contribution in [0.3, 0.4) is 0 Å². The van der Waals surface area contributed by atoms with E-state index in [-0.39, 0.29) is 0 Å². The second-order valence-corrected chi connectivity index (χ2v) is 3.11. The van der Waals surface area contributed by atoms with Crippen molar-refractivity contribution in [2.75, 3.05) is 5.33 Å². The number of alkyl halides is 1. The van der Waals surface area contributed by atoms with Gasteiger partial charge in [-0.25, -0.2) is 4.79 Å². The summed E-state index contributed by atoms with van der Waals surface area (Å²) in [5.74, 6) is 1.85. The van der Waals surface area contributed by atoms with Crippen molar-refractivity contribution in [3.63, 3.8) is 0 Å². The van der Waals surface area contributed by atoms with Gasteiger partial charge in [-0.3, -0.25) is 0 Å². The largest absolute Gasteiger partial charge is 0.233 e. The van der Waals surface area contributed by atoms with E-state index in [4.69, 9.17) is 0 Å². The Labute approximate surface area is 82.0 Å². The third kappa shape index (κ3) is 6.14. The molecular weight excluding hydrogens is 216 g/mol. The zero-order chi connectivity index (χ0) is 9.23. The van der Waals surface area contributed by atoms with E-state index < -0.39 is 0 Å². The van der Waals surface area contributed by atoms with Crippen LogP contribution in [-0.4, -0.2) is 11.3 Å². The van der Waals surface area contributed by atoms with Crippen LogP contribution in [0.2, 0.25) is 0 Å². The minimum Gasteiger partial charge on any atom is -0.233 e. The summed E-state index contributed by atoms with van der Waals surface area (Å²) in [6.45, 7) is 3.52. The van der Waals surface area contributed by atoms with E-state index in [9.17, 15) is 4.79 Å². The van der Waals surface area contributed by atoms with Crippen LogP contribution in [0.1, 0.15) is 19.3 Å².